The van der Waals surface area contributed by atoms with E-state index in [9.17, 15) is 9.18 Å². The monoisotopic (exact) mass is 272 g/mol. The summed E-state index contributed by atoms with van der Waals surface area (Å²) < 4.78 is 13.4. The lowest BCUT2D eigenvalue weighted by molar-refractivity contribution is 0.262. The van der Waals surface area contributed by atoms with Gasteiger partial charge in [-0.2, -0.15) is 0 Å². The van der Waals surface area contributed by atoms with Crippen molar-refractivity contribution in [2.45, 2.75) is 19.8 Å². The third kappa shape index (κ3) is 3.57. The molecule has 0 radical (unpaired) electrons. The fraction of sp³-hybridized carbons (Fsp3) is 0.188. The van der Waals surface area contributed by atoms with Gasteiger partial charge in [0, 0.05) is 5.69 Å². The van der Waals surface area contributed by atoms with E-state index in [0.29, 0.717) is 11.6 Å². The van der Waals surface area contributed by atoms with Crippen molar-refractivity contribution in [2.24, 2.45) is 0 Å². The number of benzene rings is 2. The summed E-state index contributed by atoms with van der Waals surface area (Å²) in [6.07, 6.45) is 0. The summed E-state index contributed by atoms with van der Waals surface area (Å²) in [4.78, 5) is 11.8. The number of amides is 2. The van der Waals surface area contributed by atoms with Crippen LogP contribution in [0.5, 0.6) is 0 Å². The number of hydrogen-bond acceptors (Lipinski definition) is 1. The maximum Gasteiger partial charge on any atom is 0.323 e. The van der Waals surface area contributed by atoms with Gasteiger partial charge in [0.1, 0.15) is 5.82 Å². The van der Waals surface area contributed by atoms with Crippen molar-refractivity contribution < 1.29 is 9.18 Å². The van der Waals surface area contributed by atoms with E-state index in [0.717, 1.165) is 0 Å². The van der Waals surface area contributed by atoms with Gasteiger partial charge in [-0.1, -0.05) is 38.1 Å². The quantitative estimate of drug-likeness (QED) is 0.842. The predicted molar refractivity (Wildman–Crippen MR) is 79.6 cm³/mol. The molecule has 2 N–H and O–H groups in total. The number of carbonyl (C=O) groups excluding carboxylic acids is 1. The van der Waals surface area contributed by atoms with Crippen LogP contribution in [0.4, 0.5) is 20.6 Å². The van der Waals surface area contributed by atoms with Gasteiger partial charge in [0.2, 0.25) is 0 Å². The van der Waals surface area contributed by atoms with Crippen LogP contribution in [0, 0.1) is 5.82 Å². The van der Waals surface area contributed by atoms with E-state index in [-0.39, 0.29) is 5.69 Å². The second kappa shape index (κ2) is 6.19. The van der Waals surface area contributed by atoms with E-state index in [1.807, 2.05) is 24.3 Å². The molecule has 0 fully saturated rings. The van der Waals surface area contributed by atoms with E-state index in [4.69, 9.17) is 0 Å². The first kappa shape index (κ1) is 14.1. The van der Waals surface area contributed by atoms with Gasteiger partial charge < -0.3 is 10.6 Å². The number of para-hydroxylation sites is 1. The summed E-state index contributed by atoms with van der Waals surface area (Å²) in [6.45, 7) is 4.21. The third-order valence-electron chi connectivity index (χ3n) is 2.96. The highest BCUT2D eigenvalue weighted by atomic mass is 19.1. The van der Waals surface area contributed by atoms with Crippen molar-refractivity contribution >= 4 is 17.4 Å². The van der Waals surface area contributed by atoms with Crippen molar-refractivity contribution in [3.8, 4) is 0 Å². The molecule has 4 heteroatoms. The molecular weight excluding hydrogens is 255 g/mol. The molecule has 2 amide bonds. The zero-order valence-corrected chi connectivity index (χ0v) is 11.5. The van der Waals surface area contributed by atoms with E-state index in [1.165, 1.54) is 17.7 Å². The molecule has 3 nitrogen and oxygen atoms in total. The SMILES string of the molecule is CC(C)c1ccc(NC(=O)Nc2ccccc2F)cc1. The summed E-state index contributed by atoms with van der Waals surface area (Å²) >= 11 is 0. The van der Waals surface area contributed by atoms with Gasteiger partial charge in [0.15, 0.2) is 0 Å². The number of anilines is 2. The molecular formula is C16H17FN2O. The van der Waals surface area contributed by atoms with Crippen LogP contribution in [-0.4, -0.2) is 6.03 Å². The van der Waals surface area contributed by atoms with Crippen molar-refractivity contribution in [3.63, 3.8) is 0 Å². The Hall–Kier alpha value is -2.36. The van der Waals surface area contributed by atoms with Crippen LogP contribution in [0.3, 0.4) is 0 Å². The van der Waals surface area contributed by atoms with Gasteiger partial charge in [-0.25, -0.2) is 9.18 Å². The van der Waals surface area contributed by atoms with Gasteiger partial charge in [-0.3, -0.25) is 0 Å². The molecule has 0 bridgehead atoms. The molecule has 2 aromatic carbocycles. The van der Waals surface area contributed by atoms with Crippen LogP contribution in [0.25, 0.3) is 0 Å². The molecule has 0 aliphatic carbocycles. The van der Waals surface area contributed by atoms with Crippen molar-refractivity contribution in [1.82, 2.24) is 0 Å². The Balaban J connectivity index is 1.99. The zero-order chi connectivity index (χ0) is 14.5. The normalized spacial score (nSPS) is 10.4. The maximum absolute atomic E-state index is 13.4. The lowest BCUT2D eigenvalue weighted by atomic mass is 10.0. The second-order valence-corrected chi connectivity index (χ2v) is 4.84. The molecule has 2 aromatic rings. The number of nitrogens with one attached hydrogen (secondary N) is 2. The maximum atomic E-state index is 13.4. The van der Waals surface area contributed by atoms with Crippen LogP contribution < -0.4 is 10.6 Å². The zero-order valence-electron chi connectivity index (χ0n) is 11.5. The summed E-state index contributed by atoms with van der Waals surface area (Å²) in [5.41, 5.74) is 2.03. The minimum Gasteiger partial charge on any atom is -0.308 e. The van der Waals surface area contributed by atoms with Crippen molar-refractivity contribution in [1.29, 1.82) is 0 Å². The van der Waals surface area contributed by atoms with Gasteiger partial charge in [0.25, 0.3) is 0 Å². The second-order valence-electron chi connectivity index (χ2n) is 4.84. The van der Waals surface area contributed by atoms with Crippen LogP contribution in [0.15, 0.2) is 48.5 Å². The lowest BCUT2D eigenvalue weighted by Gasteiger charge is -2.10. The fourth-order valence-electron chi connectivity index (χ4n) is 1.80. The van der Waals surface area contributed by atoms with Crippen LogP contribution in [0.2, 0.25) is 0 Å². The number of urea groups is 1. The summed E-state index contributed by atoms with van der Waals surface area (Å²) in [6, 6.07) is 13.2. The first-order chi connectivity index (χ1) is 9.56. The Labute approximate surface area is 117 Å². The highest BCUT2D eigenvalue weighted by Crippen LogP contribution is 2.18. The standard InChI is InChI=1S/C16H17FN2O/c1-11(2)12-7-9-13(10-8-12)18-16(20)19-15-6-4-3-5-14(15)17/h3-11H,1-2H3,(H2,18,19,20). The van der Waals surface area contributed by atoms with Gasteiger partial charge in [-0.15, -0.1) is 0 Å². The average Bonchev–Trinajstić information content (AvgIpc) is 2.42. The molecule has 0 aliphatic heterocycles. The van der Waals surface area contributed by atoms with Crippen molar-refractivity contribution in [3.05, 3.63) is 59.9 Å². The third-order valence-corrected chi connectivity index (χ3v) is 2.96. The van der Waals surface area contributed by atoms with Crippen molar-refractivity contribution in [2.75, 3.05) is 10.6 Å². The molecule has 2 rings (SSSR count). The van der Waals surface area contributed by atoms with Gasteiger partial charge >= 0.3 is 6.03 Å². The molecule has 0 atom stereocenters. The topological polar surface area (TPSA) is 41.1 Å². The first-order valence-corrected chi connectivity index (χ1v) is 6.49. The number of halogens is 1. The lowest BCUT2D eigenvalue weighted by Crippen LogP contribution is -2.20. The van der Waals surface area contributed by atoms with E-state index >= 15 is 0 Å². The van der Waals surface area contributed by atoms with Crippen LogP contribution in [-0.2, 0) is 0 Å². The number of rotatable bonds is 3. The Kier molecular flexibility index (Phi) is 4.35. The molecule has 0 saturated carbocycles. The highest BCUT2D eigenvalue weighted by molar-refractivity contribution is 5.99. The predicted octanol–water partition coefficient (Wildman–Crippen LogP) is 4.59. The molecule has 104 valence electrons. The average molecular weight is 272 g/mol. The summed E-state index contributed by atoms with van der Waals surface area (Å²) in [7, 11) is 0. The smallest absolute Gasteiger partial charge is 0.308 e. The molecule has 0 saturated heterocycles. The summed E-state index contributed by atoms with van der Waals surface area (Å²) in [5.74, 6) is -0.0194. The first-order valence-electron chi connectivity index (χ1n) is 6.49. The van der Waals surface area contributed by atoms with Gasteiger partial charge in [-0.05, 0) is 35.7 Å². The van der Waals surface area contributed by atoms with Crippen LogP contribution >= 0.6 is 0 Å². The van der Waals surface area contributed by atoms with E-state index < -0.39 is 11.8 Å². The minimum atomic E-state index is -0.465. The largest absolute Gasteiger partial charge is 0.323 e. The van der Waals surface area contributed by atoms with Crippen LogP contribution in [0.1, 0.15) is 25.3 Å². The minimum absolute atomic E-state index is 0.156. The molecule has 20 heavy (non-hydrogen) atoms. The summed E-state index contributed by atoms with van der Waals surface area (Å²) in [5, 5.41) is 5.14. The molecule has 0 aliphatic rings. The Bertz CT molecular complexity index is 594. The Morgan fingerprint density at radius 3 is 2.25 bits per heavy atom. The molecule has 0 unspecified atom stereocenters. The Morgan fingerprint density at radius 2 is 1.65 bits per heavy atom. The van der Waals surface area contributed by atoms with E-state index in [2.05, 4.69) is 24.5 Å². The Morgan fingerprint density at radius 1 is 1.00 bits per heavy atom. The van der Waals surface area contributed by atoms with Gasteiger partial charge in [0.05, 0.1) is 5.69 Å². The van der Waals surface area contributed by atoms with E-state index in [1.54, 1.807) is 12.1 Å². The molecule has 0 heterocycles. The molecule has 0 spiro atoms. The molecule has 0 aromatic heterocycles. The number of carbonyl (C=O) groups is 1. The fourth-order valence-corrected chi connectivity index (χ4v) is 1.80. The highest BCUT2D eigenvalue weighted by Gasteiger charge is 2.06. The number of hydrogen-bond donors (Lipinski definition) is 2.